The fraction of sp³-hybridized carbons (Fsp3) is 0.688. The predicted molar refractivity (Wildman–Crippen MR) is 98.0 cm³/mol. The largest absolute Gasteiger partial charge is 0.373 e. The van der Waals surface area contributed by atoms with E-state index < -0.39 is 0 Å². The summed E-state index contributed by atoms with van der Waals surface area (Å²) >= 11 is 12.1. The van der Waals surface area contributed by atoms with Crippen molar-refractivity contribution >= 4 is 29.2 Å². The van der Waals surface area contributed by atoms with Crippen LogP contribution in [0.3, 0.4) is 0 Å². The molecule has 0 aliphatic carbocycles. The van der Waals surface area contributed by atoms with Crippen LogP contribution in [-0.2, 0) is 18.3 Å². The molecule has 2 atom stereocenters. The fourth-order valence-corrected chi connectivity index (χ4v) is 3.79. The second-order valence-electron chi connectivity index (χ2n) is 6.39. The highest BCUT2D eigenvalue weighted by atomic mass is 35.5. The predicted octanol–water partition coefficient (Wildman–Crippen LogP) is 1.86. The quantitative estimate of drug-likeness (QED) is 0.624. The molecule has 6 nitrogen and oxygen atoms in total. The third-order valence-electron chi connectivity index (χ3n) is 4.83. The van der Waals surface area contributed by atoms with Crippen molar-refractivity contribution in [1.82, 2.24) is 20.1 Å². The van der Waals surface area contributed by atoms with Gasteiger partial charge in [-0.3, -0.25) is 9.89 Å². The number of nitrogens with zero attached hydrogens (tertiary/aromatic N) is 3. The highest BCUT2D eigenvalue weighted by molar-refractivity contribution is 6.41. The summed E-state index contributed by atoms with van der Waals surface area (Å²) in [6.45, 7) is 4.39. The highest BCUT2D eigenvalue weighted by Crippen LogP contribution is 2.25. The average molecular weight is 374 g/mol. The van der Waals surface area contributed by atoms with Crippen LogP contribution in [0.2, 0.25) is 10.2 Å². The SMILES string of the molecule is CN=C(NCc1cc(Cl)c(Cl)n1C)NCC1CN2CCCC2CO1. The van der Waals surface area contributed by atoms with Crippen LogP contribution in [0.15, 0.2) is 11.1 Å². The summed E-state index contributed by atoms with van der Waals surface area (Å²) in [7, 11) is 3.66. The van der Waals surface area contributed by atoms with Gasteiger partial charge in [-0.05, 0) is 25.5 Å². The lowest BCUT2D eigenvalue weighted by Gasteiger charge is -2.35. The van der Waals surface area contributed by atoms with Crippen molar-refractivity contribution in [2.24, 2.45) is 12.0 Å². The van der Waals surface area contributed by atoms with Crippen LogP contribution in [0.5, 0.6) is 0 Å². The molecule has 134 valence electrons. The van der Waals surface area contributed by atoms with Crippen LogP contribution in [0.25, 0.3) is 0 Å². The molecule has 2 saturated heterocycles. The van der Waals surface area contributed by atoms with Gasteiger partial charge in [0.1, 0.15) is 5.15 Å². The molecule has 0 saturated carbocycles. The molecule has 3 heterocycles. The van der Waals surface area contributed by atoms with Crippen LogP contribution in [0, 0.1) is 0 Å². The number of fused-ring (bicyclic) bond motifs is 1. The van der Waals surface area contributed by atoms with Gasteiger partial charge >= 0.3 is 0 Å². The van der Waals surface area contributed by atoms with Crippen molar-refractivity contribution in [1.29, 1.82) is 0 Å². The molecular formula is C16H25Cl2N5O. The number of guanidine groups is 1. The summed E-state index contributed by atoms with van der Waals surface area (Å²) in [6, 6.07) is 2.49. The lowest BCUT2D eigenvalue weighted by Crippen LogP contribution is -2.51. The molecule has 1 aromatic rings. The molecule has 0 spiro atoms. The summed E-state index contributed by atoms with van der Waals surface area (Å²) < 4.78 is 7.82. The van der Waals surface area contributed by atoms with Crippen molar-refractivity contribution in [2.75, 3.05) is 33.3 Å². The molecule has 0 amide bonds. The van der Waals surface area contributed by atoms with E-state index in [0.717, 1.165) is 31.3 Å². The van der Waals surface area contributed by atoms with Crippen molar-refractivity contribution < 1.29 is 4.74 Å². The van der Waals surface area contributed by atoms with Crippen LogP contribution >= 0.6 is 23.2 Å². The molecule has 8 heteroatoms. The Hall–Kier alpha value is -0.950. The molecule has 3 rings (SSSR count). The van der Waals surface area contributed by atoms with Crippen molar-refractivity contribution in [3.05, 3.63) is 21.9 Å². The Morgan fingerprint density at radius 1 is 1.42 bits per heavy atom. The van der Waals surface area contributed by atoms with E-state index >= 15 is 0 Å². The number of halogens is 2. The summed E-state index contributed by atoms with van der Waals surface area (Å²) in [5, 5.41) is 7.74. The number of aromatic nitrogens is 1. The van der Waals surface area contributed by atoms with Gasteiger partial charge in [-0.2, -0.15) is 0 Å². The third kappa shape index (κ3) is 3.99. The minimum atomic E-state index is 0.205. The Morgan fingerprint density at radius 2 is 2.25 bits per heavy atom. The van der Waals surface area contributed by atoms with E-state index in [2.05, 4.69) is 20.5 Å². The molecule has 0 aromatic carbocycles. The first-order valence-electron chi connectivity index (χ1n) is 8.38. The van der Waals surface area contributed by atoms with Gasteiger partial charge in [0, 0.05) is 38.9 Å². The average Bonchev–Trinajstić information content (AvgIpc) is 3.15. The van der Waals surface area contributed by atoms with Gasteiger partial charge in [-0.15, -0.1) is 0 Å². The zero-order valence-corrected chi connectivity index (χ0v) is 15.7. The minimum absolute atomic E-state index is 0.205. The topological polar surface area (TPSA) is 53.8 Å². The maximum Gasteiger partial charge on any atom is 0.191 e. The van der Waals surface area contributed by atoms with E-state index in [9.17, 15) is 0 Å². The van der Waals surface area contributed by atoms with Crippen molar-refractivity contribution in [3.8, 4) is 0 Å². The van der Waals surface area contributed by atoms with E-state index in [1.807, 2.05) is 17.7 Å². The van der Waals surface area contributed by atoms with Gasteiger partial charge in [-0.1, -0.05) is 23.2 Å². The van der Waals surface area contributed by atoms with Crippen LogP contribution < -0.4 is 10.6 Å². The Morgan fingerprint density at radius 3 is 2.96 bits per heavy atom. The standard InChI is InChI=1S/C16H25Cl2N5O/c1-19-16(20-7-12-6-14(17)15(18)22(12)2)21-8-13-9-23-5-3-4-11(23)10-24-13/h6,11,13H,3-5,7-10H2,1-2H3,(H2,19,20,21). The molecule has 0 radical (unpaired) electrons. The lowest BCUT2D eigenvalue weighted by molar-refractivity contribution is -0.0453. The molecule has 2 N–H and O–H groups in total. The smallest absolute Gasteiger partial charge is 0.191 e. The number of morpholine rings is 1. The van der Waals surface area contributed by atoms with Gasteiger partial charge in [0.2, 0.25) is 0 Å². The zero-order chi connectivity index (χ0) is 17.1. The van der Waals surface area contributed by atoms with Crippen LogP contribution in [0.4, 0.5) is 0 Å². The summed E-state index contributed by atoms with van der Waals surface area (Å²) in [4.78, 5) is 6.80. The molecule has 2 unspecified atom stereocenters. The molecule has 2 aliphatic heterocycles. The monoisotopic (exact) mass is 373 g/mol. The summed E-state index contributed by atoms with van der Waals surface area (Å²) in [5.41, 5.74) is 1.00. The second kappa shape index (κ2) is 7.95. The first-order chi connectivity index (χ1) is 11.6. The molecule has 0 bridgehead atoms. The van der Waals surface area contributed by atoms with E-state index in [-0.39, 0.29) is 6.10 Å². The van der Waals surface area contributed by atoms with Gasteiger partial charge in [0.25, 0.3) is 0 Å². The van der Waals surface area contributed by atoms with Gasteiger partial charge < -0.3 is 19.9 Å². The number of nitrogens with one attached hydrogen (secondary N) is 2. The molecular weight excluding hydrogens is 349 g/mol. The van der Waals surface area contributed by atoms with E-state index in [0.29, 0.717) is 22.8 Å². The maximum atomic E-state index is 6.09. The number of ether oxygens (including phenoxy) is 1. The number of hydrogen-bond donors (Lipinski definition) is 2. The van der Waals surface area contributed by atoms with Crippen molar-refractivity contribution in [3.63, 3.8) is 0 Å². The first-order valence-corrected chi connectivity index (χ1v) is 9.14. The van der Waals surface area contributed by atoms with E-state index in [4.69, 9.17) is 27.9 Å². The zero-order valence-electron chi connectivity index (χ0n) is 14.2. The lowest BCUT2D eigenvalue weighted by atomic mass is 10.2. The number of hydrogen-bond acceptors (Lipinski definition) is 3. The van der Waals surface area contributed by atoms with Gasteiger partial charge in [0.05, 0.1) is 24.3 Å². The summed E-state index contributed by atoms with van der Waals surface area (Å²) in [5.74, 6) is 0.746. The molecule has 2 fully saturated rings. The van der Waals surface area contributed by atoms with E-state index in [1.165, 1.54) is 19.4 Å². The molecule has 2 aliphatic rings. The maximum absolute atomic E-state index is 6.09. The normalized spacial score (nSPS) is 24.9. The minimum Gasteiger partial charge on any atom is -0.373 e. The Kier molecular flexibility index (Phi) is 5.92. The third-order valence-corrected chi connectivity index (χ3v) is 5.68. The van der Waals surface area contributed by atoms with Crippen LogP contribution in [0.1, 0.15) is 18.5 Å². The Labute approximate surface area is 153 Å². The Bertz CT molecular complexity index is 604. The Balaban J connectivity index is 1.46. The second-order valence-corrected chi connectivity index (χ2v) is 7.15. The van der Waals surface area contributed by atoms with Crippen LogP contribution in [-0.4, -0.2) is 60.9 Å². The molecule has 1 aromatic heterocycles. The number of aliphatic imine (C=N–C) groups is 1. The highest BCUT2D eigenvalue weighted by Gasteiger charge is 2.32. The summed E-state index contributed by atoms with van der Waals surface area (Å²) in [6.07, 6.45) is 2.77. The molecule has 24 heavy (non-hydrogen) atoms. The van der Waals surface area contributed by atoms with Gasteiger partial charge in [-0.25, -0.2) is 0 Å². The fourth-order valence-electron chi connectivity index (χ4n) is 3.37. The van der Waals surface area contributed by atoms with E-state index in [1.54, 1.807) is 7.05 Å². The van der Waals surface area contributed by atoms with Gasteiger partial charge in [0.15, 0.2) is 5.96 Å². The van der Waals surface area contributed by atoms with Crippen molar-refractivity contribution in [2.45, 2.75) is 31.5 Å². The first kappa shape index (κ1) is 17.9. The number of rotatable bonds is 4.